The molecule has 0 saturated heterocycles. The van der Waals surface area contributed by atoms with Gasteiger partial charge < -0.3 is 10.1 Å². The summed E-state index contributed by atoms with van der Waals surface area (Å²) in [5.41, 5.74) is 2.41. The molecule has 164 valence electrons. The zero-order chi connectivity index (χ0) is 22.5. The van der Waals surface area contributed by atoms with Crippen LogP contribution in [0.1, 0.15) is 5.56 Å². The van der Waals surface area contributed by atoms with Gasteiger partial charge in [-0.15, -0.1) is 0 Å². The molecule has 1 atom stereocenters. The molecular formula is C24H20F3N3O2. The Hall–Kier alpha value is -3.81. The summed E-state index contributed by atoms with van der Waals surface area (Å²) in [7, 11) is 0. The van der Waals surface area contributed by atoms with Gasteiger partial charge in [-0.3, -0.25) is 4.79 Å². The van der Waals surface area contributed by atoms with Gasteiger partial charge in [-0.2, -0.15) is 13.9 Å². The average Bonchev–Trinajstić information content (AvgIpc) is 3.22. The summed E-state index contributed by atoms with van der Waals surface area (Å²) in [4.78, 5) is 11.5. The van der Waals surface area contributed by atoms with Gasteiger partial charge in [0.25, 0.3) is 5.91 Å². The van der Waals surface area contributed by atoms with Gasteiger partial charge >= 0.3 is 6.43 Å². The van der Waals surface area contributed by atoms with E-state index in [0.29, 0.717) is 17.9 Å². The fraction of sp³-hybridized carbons (Fsp3) is 0.167. The molecule has 0 aliphatic rings. The number of rotatable bonds is 8. The van der Waals surface area contributed by atoms with Crippen molar-refractivity contribution in [3.05, 3.63) is 90.4 Å². The summed E-state index contributed by atoms with van der Waals surface area (Å²) in [5.74, 6) is -1.14. The highest BCUT2D eigenvalue weighted by atomic mass is 19.3. The van der Waals surface area contributed by atoms with Crippen LogP contribution >= 0.6 is 0 Å². The second-order valence-corrected chi connectivity index (χ2v) is 7.26. The monoisotopic (exact) mass is 439 g/mol. The van der Waals surface area contributed by atoms with E-state index in [-0.39, 0.29) is 12.4 Å². The Morgan fingerprint density at radius 1 is 1.03 bits per heavy atom. The normalized spacial score (nSPS) is 12.1. The van der Waals surface area contributed by atoms with E-state index >= 15 is 0 Å². The van der Waals surface area contributed by atoms with Gasteiger partial charge in [-0.1, -0.05) is 30.3 Å². The Morgan fingerprint density at radius 2 is 1.78 bits per heavy atom. The molecule has 0 fully saturated rings. The number of aromatic nitrogens is 2. The van der Waals surface area contributed by atoms with Crippen LogP contribution in [0.4, 0.5) is 13.2 Å². The number of nitrogens with one attached hydrogen (secondary N) is 1. The SMILES string of the molecule is O=C(NC(COc1ccc2c(cnn2-c2ccc(F)cc2)c1)Cc1ccccc1)C(F)F. The van der Waals surface area contributed by atoms with Crippen LogP contribution in [0, 0.1) is 5.82 Å². The maximum Gasteiger partial charge on any atom is 0.315 e. The quantitative estimate of drug-likeness (QED) is 0.439. The van der Waals surface area contributed by atoms with Gasteiger partial charge in [-0.25, -0.2) is 9.07 Å². The zero-order valence-corrected chi connectivity index (χ0v) is 16.9. The number of nitrogens with zero attached hydrogens (tertiary/aromatic N) is 2. The molecule has 4 rings (SSSR count). The molecule has 0 bridgehead atoms. The molecule has 32 heavy (non-hydrogen) atoms. The lowest BCUT2D eigenvalue weighted by Crippen LogP contribution is -2.43. The van der Waals surface area contributed by atoms with Crippen LogP contribution in [0.2, 0.25) is 0 Å². The summed E-state index contributed by atoms with van der Waals surface area (Å²) < 4.78 is 46.2. The smallest absolute Gasteiger partial charge is 0.315 e. The van der Waals surface area contributed by atoms with Crippen molar-refractivity contribution in [1.29, 1.82) is 0 Å². The summed E-state index contributed by atoms with van der Waals surface area (Å²) in [5, 5.41) is 7.48. The number of alkyl halides is 2. The van der Waals surface area contributed by atoms with Gasteiger partial charge in [0.1, 0.15) is 18.2 Å². The van der Waals surface area contributed by atoms with E-state index in [1.54, 1.807) is 35.1 Å². The molecule has 1 unspecified atom stereocenters. The van der Waals surface area contributed by atoms with Crippen molar-refractivity contribution < 1.29 is 22.7 Å². The fourth-order valence-corrected chi connectivity index (χ4v) is 3.40. The number of ether oxygens (including phenoxy) is 1. The van der Waals surface area contributed by atoms with Crippen molar-refractivity contribution in [2.24, 2.45) is 0 Å². The van der Waals surface area contributed by atoms with Crippen LogP contribution in [0.25, 0.3) is 16.6 Å². The lowest BCUT2D eigenvalue weighted by molar-refractivity contribution is -0.132. The van der Waals surface area contributed by atoms with Crippen molar-refractivity contribution in [2.45, 2.75) is 18.9 Å². The highest BCUT2D eigenvalue weighted by molar-refractivity contribution is 5.82. The second-order valence-electron chi connectivity index (χ2n) is 7.26. The van der Waals surface area contributed by atoms with Crippen molar-refractivity contribution in [1.82, 2.24) is 15.1 Å². The summed E-state index contributed by atoms with van der Waals surface area (Å²) in [6.07, 6.45) is -1.09. The Labute approximate surface area is 182 Å². The fourth-order valence-electron chi connectivity index (χ4n) is 3.40. The van der Waals surface area contributed by atoms with Crippen molar-refractivity contribution in [3.63, 3.8) is 0 Å². The molecule has 1 amide bonds. The van der Waals surface area contributed by atoms with E-state index in [4.69, 9.17) is 4.74 Å². The maximum atomic E-state index is 13.2. The number of halogens is 3. The first-order valence-corrected chi connectivity index (χ1v) is 9.98. The van der Waals surface area contributed by atoms with Crippen molar-refractivity contribution in [2.75, 3.05) is 6.61 Å². The van der Waals surface area contributed by atoms with Crippen LogP contribution in [0.15, 0.2) is 79.0 Å². The Bertz CT molecular complexity index is 1190. The van der Waals surface area contributed by atoms with Gasteiger partial charge in [0.15, 0.2) is 0 Å². The molecule has 0 spiro atoms. The molecule has 4 aromatic rings. The number of hydrogen-bond donors (Lipinski definition) is 1. The largest absolute Gasteiger partial charge is 0.491 e. The predicted octanol–water partition coefficient (Wildman–Crippen LogP) is 4.54. The molecule has 8 heteroatoms. The maximum absolute atomic E-state index is 13.2. The van der Waals surface area contributed by atoms with Crippen LogP contribution in [0.5, 0.6) is 5.75 Å². The molecule has 0 radical (unpaired) electrons. The third-order valence-corrected chi connectivity index (χ3v) is 4.93. The lowest BCUT2D eigenvalue weighted by atomic mass is 10.1. The first-order chi connectivity index (χ1) is 15.5. The van der Waals surface area contributed by atoms with Crippen LogP contribution in [-0.4, -0.2) is 34.8 Å². The van der Waals surface area contributed by atoms with Crippen LogP contribution < -0.4 is 10.1 Å². The van der Waals surface area contributed by atoms with Crippen LogP contribution in [-0.2, 0) is 11.2 Å². The molecule has 0 aliphatic carbocycles. The van der Waals surface area contributed by atoms with E-state index in [0.717, 1.165) is 16.5 Å². The van der Waals surface area contributed by atoms with Gasteiger partial charge in [0, 0.05) is 5.39 Å². The van der Waals surface area contributed by atoms with Gasteiger partial charge in [-0.05, 0) is 54.4 Å². The highest BCUT2D eigenvalue weighted by Crippen LogP contribution is 2.23. The number of benzene rings is 3. The predicted molar refractivity (Wildman–Crippen MR) is 115 cm³/mol. The minimum Gasteiger partial charge on any atom is -0.491 e. The third kappa shape index (κ3) is 5.08. The number of carbonyl (C=O) groups excluding carboxylic acids is 1. The minimum atomic E-state index is -3.10. The van der Waals surface area contributed by atoms with Gasteiger partial charge in [0.2, 0.25) is 0 Å². The molecule has 1 aromatic heterocycles. The molecule has 0 saturated carbocycles. The molecule has 0 aliphatic heterocycles. The first-order valence-electron chi connectivity index (χ1n) is 9.98. The van der Waals surface area contributed by atoms with Crippen molar-refractivity contribution in [3.8, 4) is 11.4 Å². The number of amides is 1. The van der Waals surface area contributed by atoms with Crippen molar-refractivity contribution >= 4 is 16.8 Å². The Kier molecular flexibility index (Phi) is 6.39. The van der Waals surface area contributed by atoms with Gasteiger partial charge in [0.05, 0.1) is 23.4 Å². The number of hydrogen-bond acceptors (Lipinski definition) is 3. The van der Waals surface area contributed by atoms with E-state index in [9.17, 15) is 18.0 Å². The molecular weight excluding hydrogens is 419 g/mol. The topological polar surface area (TPSA) is 56.1 Å². The first kappa shape index (κ1) is 21.4. The van der Waals surface area contributed by atoms with E-state index in [1.165, 1.54) is 12.1 Å². The molecule has 5 nitrogen and oxygen atoms in total. The average molecular weight is 439 g/mol. The van der Waals surface area contributed by atoms with E-state index in [2.05, 4.69) is 10.4 Å². The molecule has 1 heterocycles. The molecule has 3 aromatic carbocycles. The minimum absolute atomic E-state index is 0.0188. The Morgan fingerprint density at radius 3 is 2.50 bits per heavy atom. The molecule has 1 N–H and O–H groups in total. The Balaban J connectivity index is 1.49. The summed E-state index contributed by atoms with van der Waals surface area (Å²) in [6.45, 7) is 0.0188. The van der Waals surface area contributed by atoms with E-state index < -0.39 is 18.4 Å². The highest BCUT2D eigenvalue weighted by Gasteiger charge is 2.21. The summed E-state index contributed by atoms with van der Waals surface area (Å²) in [6, 6.07) is 19.9. The number of fused-ring (bicyclic) bond motifs is 1. The standard InChI is InChI=1S/C24H20F3N3O2/c25-18-6-8-20(9-7-18)30-22-11-10-21(13-17(22)14-28-30)32-15-19(29-24(31)23(26)27)12-16-4-2-1-3-5-16/h1-11,13-14,19,23H,12,15H2,(H,29,31). The number of carbonyl (C=O) groups is 1. The lowest BCUT2D eigenvalue weighted by Gasteiger charge is -2.19. The van der Waals surface area contributed by atoms with E-state index in [1.807, 2.05) is 36.4 Å². The summed E-state index contributed by atoms with van der Waals surface area (Å²) >= 11 is 0. The zero-order valence-electron chi connectivity index (χ0n) is 16.9. The van der Waals surface area contributed by atoms with Crippen LogP contribution in [0.3, 0.4) is 0 Å². The second kappa shape index (κ2) is 9.55. The third-order valence-electron chi connectivity index (χ3n) is 4.93.